The van der Waals surface area contributed by atoms with Crippen LogP contribution in [0.2, 0.25) is 0 Å². The number of hydrogen-bond acceptors (Lipinski definition) is 5. The second-order valence-corrected chi connectivity index (χ2v) is 8.44. The maximum absolute atomic E-state index is 12.7. The zero-order chi connectivity index (χ0) is 21.0. The molecule has 1 aliphatic rings. The van der Waals surface area contributed by atoms with Gasteiger partial charge in [-0.25, -0.2) is 0 Å². The van der Waals surface area contributed by atoms with E-state index in [2.05, 4.69) is 9.93 Å². The second kappa shape index (κ2) is 8.59. The number of sulfonamides is 1. The average Bonchev–Trinajstić information content (AvgIpc) is 2.78. The second-order valence-electron chi connectivity index (χ2n) is 6.78. The van der Waals surface area contributed by atoms with Gasteiger partial charge in [0.1, 0.15) is 17.6 Å². The number of hydrazone groups is 1. The van der Waals surface area contributed by atoms with Crippen molar-refractivity contribution >= 4 is 15.7 Å². The van der Waals surface area contributed by atoms with E-state index in [1.165, 1.54) is 12.1 Å². The number of nitrogens with one attached hydrogen (secondary N) is 1. The van der Waals surface area contributed by atoms with Crippen molar-refractivity contribution in [2.24, 2.45) is 5.10 Å². The summed E-state index contributed by atoms with van der Waals surface area (Å²) in [5.41, 5.74) is 2.41. The van der Waals surface area contributed by atoms with Crippen LogP contribution in [0.1, 0.15) is 30.6 Å². The summed E-state index contributed by atoms with van der Waals surface area (Å²) in [5.74, 6) is 1.29. The lowest BCUT2D eigenvalue weighted by atomic mass is 9.96. The van der Waals surface area contributed by atoms with Gasteiger partial charge in [0, 0.05) is 12.0 Å². The van der Waals surface area contributed by atoms with Gasteiger partial charge >= 0.3 is 0 Å². The molecule has 1 atom stereocenters. The quantitative estimate of drug-likeness (QED) is 0.601. The van der Waals surface area contributed by atoms with Crippen LogP contribution >= 0.6 is 0 Å². The van der Waals surface area contributed by atoms with Crippen molar-refractivity contribution < 1.29 is 17.9 Å². The van der Waals surface area contributed by atoms with Gasteiger partial charge in [0.25, 0.3) is 10.0 Å². The maximum Gasteiger partial charge on any atom is 0.276 e. The molecule has 3 aromatic rings. The lowest BCUT2D eigenvalue weighted by molar-refractivity contribution is 0.206. The van der Waals surface area contributed by atoms with E-state index in [0.717, 1.165) is 11.1 Å². The molecule has 154 valence electrons. The van der Waals surface area contributed by atoms with Gasteiger partial charge in [0.05, 0.1) is 17.2 Å². The molecular formula is C23H22N2O4S. The SMILES string of the molecule is CCOc1ccc(S(=O)(=O)N/N=C2\CC(c3ccccc3)Oc3ccccc32)cc1. The minimum Gasteiger partial charge on any atom is -0.494 e. The summed E-state index contributed by atoms with van der Waals surface area (Å²) < 4.78 is 36.9. The predicted octanol–water partition coefficient (Wildman–Crippen LogP) is 4.29. The molecule has 0 bridgehead atoms. The van der Waals surface area contributed by atoms with E-state index in [4.69, 9.17) is 9.47 Å². The van der Waals surface area contributed by atoms with E-state index < -0.39 is 10.0 Å². The molecule has 4 rings (SSSR count). The Balaban J connectivity index is 1.61. The van der Waals surface area contributed by atoms with Gasteiger partial charge in [-0.15, -0.1) is 0 Å². The Bertz CT molecular complexity index is 1140. The highest BCUT2D eigenvalue weighted by Crippen LogP contribution is 2.35. The molecule has 3 aromatic carbocycles. The first-order chi connectivity index (χ1) is 14.6. The Morgan fingerprint density at radius 3 is 2.43 bits per heavy atom. The zero-order valence-corrected chi connectivity index (χ0v) is 17.3. The van der Waals surface area contributed by atoms with Crippen LogP contribution in [0.25, 0.3) is 0 Å². The number of hydrogen-bond donors (Lipinski definition) is 1. The van der Waals surface area contributed by atoms with E-state index in [1.54, 1.807) is 12.1 Å². The fourth-order valence-electron chi connectivity index (χ4n) is 3.30. The Kier molecular flexibility index (Phi) is 5.72. The minimum absolute atomic E-state index is 0.121. The van der Waals surface area contributed by atoms with E-state index in [1.807, 2.05) is 61.5 Å². The fourth-order valence-corrected chi connectivity index (χ4v) is 4.13. The molecule has 30 heavy (non-hydrogen) atoms. The van der Waals surface area contributed by atoms with Crippen LogP contribution in [-0.4, -0.2) is 20.7 Å². The Morgan fingerprint density at radius 1 is 1.00 bits per heavy atom. The third-order valence-electron chi connectivity index (χ3n) is 4.76. The van der Waals surface area contributed by atoms with Gasteiger partial charge in [0.15, 0.2) is 0 Å². The first kappa shape index (κ1) is 20.0. The van der Waals surface area contributed by atoms with Gasteiger partial charge in [-0.05, 0) is 48.9 Å². The molecule has 0 spiro atoms. The van der Waals surface area contributed by atoms with E-state index in [9.17, 15) is 8.42 Å². The summed E-state index contributed by atoms with van der Waals surface area (Å²) >= 11 is 0. The molecule has 0 amide bonds. The normalized spacial score (nSPS) is 17.1. The monoisotopic (exact) mass is 422 g/mol. The van der Waals surface area contributed by atoms with Crippen LogP contribution in [-0.2, 0) is 10.0 Å². The third kappa shape index (κ3) is 4.31. The molecule has 6 nitrogen and oxygen atoms in total. The highest BCUT2D eigenvalue weighted by Gasteiger charge is 2.26. The smallest absolute Gasteiger partial charge is 0.276 e. The topological polar surface area (TPSA) is 77.0 Å². The first-order valence-corrected chi connectivity index (χ1v) is 11.2. The van der Waals surface area contributed by atoms with Crippen LogP contribution < -0.4 is 14.3 Å². The summed E-state index contributed by atoms with van der Waals surface area (Å²) in [6, 6.07) is 23.6. The molecule has 0 fully saturated rings. The predicted molar refractivity (Wildman–Crippen MR) is 115 cm³/mol. The van der Waals surface area contributed by atoms with Crippen molar-refractivity contribution in [3.63, 3.8) is 0 Å². The molecule has 0 saturated carbocycles. The van der Waals surface area contributed by atoms with Crippen LogP contribution in [0.4, 0.5) is 0 Å². The minimum atomic E-state index is -3.81. The van der Waals surface area contributed by atoms with Crippen LogP contribution in [0.3, 0.4) is 0 Å². The summed E-state index contributed by atoms with van der Waals surface area (Å²) in [4.78, 5) is 2.49. The van der Waals surface area contributed by atoms with Crippen molar-refractivity contribution in [1.82, 2.24) is 4.83 Å². The summed E-state index contributed by atoms with van der Waals surface area (Å²) in [6.45, 7) is 2.39. The van der Waals surface area contributed by atoms with E-state index in [-0.39, 0.29) is 11.0 Å². The number of benzene rings is 3. The third-order valence-corrected chi connectivity index (χ3v) is 5.99. The van der Waals surface area contributed by atoms with Crippen LogP contribution in [0.5, 0.6) is 11.5 Å². The summed E-state index contributed by atoms with van der Waals surface area (Å²) in [7, 11) is -3.81. The van der Waals surface area contributed by atoms with Crippen LogP contribution in [0.15, 0.2) is 88.9 Å². The summed E-state index contributed by atoms with van der Waals surface area (Å²) in [6.07, 6.45) is 0.210. The Hall–Kier alpha value is -3.32. The van der Waals surface area contributed by atoms with Gasteiger partial charge in [-0.2, -0.15) is 18.4 Å². The number of ether oxygens (including phenoxy) is 2. The number of nitrogens with zero attached hydrogens (tertiary/aromatic N) is 1. The molecular weight excluding hydrogens is 400 g/mol. The van der Waals surface area contributed by atoms with Crippen molar-refractivity contribution in [3.05, 3.63) is 90.0 Å². The largest absolute Gasteiger partial charge is 0.494 e. The molecule has 1 aliphatic heterocycles. The van der Waals surface area contributed by atoms with Crippen molar-refractivity contribution in [3.8, 4) is 11.5 Å². The Labute approximate surface area is 176 Å². The number of para-hydroxylation sites is 1. The van der Waals surface area contributed by atoms with Gasteiger partial charge in [-0.3, -0.25) is 0 Å². The average molecular weight is 423 g/mol. The molecule has 0 aliphatic carbocycles. The molecule has 0 aromatic heterocycles. The van der Waals surface area contributed by atoms with Crippen LogP contribution in [0, 0.1) is 0 Å². The molecule has 0 radical (unpaired) electrons. The van der Waals surface area contributed by atoms with Crippen molar-refractivity contribution in [2.75, 3.05) is 6.61 Å². The molecule has 1 N–H and O–H groups in total. The molecule has 1 unspecified atom stereocenters. The van der Waals surface area contributed by atoms with Gasteiger partial charge in [0.2, 0.25) is 0 Å². The van der Waals surface area contributed by atoms with Gasteiger partial charge in [-0.1, -0.05) is 42.5 Å². The van der Waals surface area contributed by atoms with Crippen molar-refractivity contribution in [1.29, 1.82) is 0 Å². The first-order valence-electron chi connectivity index (χ1n) is 9.69. The highest BCUT2D eigenvalue weighted by molar-refractivity contribution is 7.89. The highest BCUT2D eigenvalue weighted by atomic mass is 32.2. The summed E-state index contributed by atoms with van der Waals surface area (Å²) in [5, 5.41) is 4.27. The lowest BCUT2D eigenvalue weighted by Gasteiger charge is -2.27. The van der Waals surface area contributed by atoms with E-state index >= 15 is 0 Å². The standard InChI is InChI=1S/C23H22N2O4S/c1-2-28-18-12-14-19(15-13-18)30(26,27)25-24-21-16-23(17-8-4-3-5-9-17)29-22-11-7-6-10-20(21)22/h3-15,23,25H,2,16H2,1H3/b24-21+. The van der Waals surface area contributed by atoms with Gasteiger partial charge < -0.3 is 9.47 Å². The fraction of sp³-hybridized carbons (Fsp3) is 0.174. The lowest BCUT2D eigenvalue weighted by Crippen LogP contribution is -2.25. The molecule has 7 heteroatoms. The maximum atomic E-state index is 12.7. The number of fused-ring (bicyclic) bond motifs is 1. The Morgan fingerprint density at radius 2 is 1.70 bits per heavy atom. The zero-order valence-electron chi connectivity index (χ0n) is 16.5. The van der Waals surface area contributed by atoms with Crippen molar-refractivity contribution in [2.45, 2.75) is 24.3 Å². The molecule has 1 heterocycles. The van der Waals surface area contributed by atoms with E-state index in [0.29, 0.717) is 30.2 Å². The molecule has 0 saturated heterocycles. The number of rotatable bonds is 6.